The second-order valence-corrected chi connectivity index (χ2v) is 6.86. The van der Waals surface area contributed by atoms with E-state index >= 15 is 0 Å². The normalized spacial score (nSPS) is 16.3. The van der Waals surface area contributed by atoms with Gasteiger partial charge in [0.1, 0.15) is 11.6 Å². The average molecular weight is 360 g/mol. The number of anilines is 1. The number of carbonyl (C=O) groups is 1. The highest BCUT2D eigenvalue weighted by atomic mass is 19.1. The minimum absolute atomic E-state index is 0.0308. The van der Waals surface area contributed by atoms with Crippen LogP contribution in [0.4, 0.5) is 10.1 Å². The lowest BCUT2D eigenvalue weighted by molar-refractivity contribution is -0.116. The molecule has 1 atom stereocenters. The van der Waals surface area contributed by atoms with Gasteiger partial charge in [0.2, 0.25) is 5.91 Å². The second kappa shape index (κ2) is 6.13. The topological polar surface area (TPSA) is 47.2 Å². The van der Waals surface area contributed by atoms with Crippen molar-refractivity contribution in [3.05, 3.63) is 89.8 Å². The van der Waals surface area contributed by atoms with Gasteiger partial charge in [-0.2, -0.15) is 0 Å². The zero-order valence-corrected chi connectivity index (χ0v) is 14.5. The molecule has 1 N–H and O–H groups in total. The quantitative estimate of drug-likeness (QED) is 0.565. The summed E-state index contributed by atoms with van der Waals surface area (Å²) in [7, 11) is 0. The second-order valence-electron chi connectivity index (χ2n) is 6.86. The van der Waals surface area contributed by atoms with Crippen LogP contribution in [-0.2, 0) is 11.3 Å². The first-order chi connectivity index (χ1) is 13.2. The maximum Gasteiger partial charge on any atom is 0.225 e. The molecule has 0 aliphatic carbocycles. The van der Waals surface area contributed by atoms with Crippen molar-refractivity contribution in [1.82, 2.24) is 4.57 Å². The lowest BCUT2D eigenvalue weighted by atomic mass is 9.93. The molecule has 1 aliphatic heterocycles. The van der Waals surface area contributed by atoms with Crippen molar-refractivity contribution in [3.8, 4) is 0 Å². The summed E-state index contributed by atoms with van der Waals surface area (Å²) < 4.78 is 21.3. The van der Waals surface area contributed by atoms with Crippen LogP contribution in [0.2, 0.25) is 0 Å². The summed E-state index contributed by atoms with van der Waals surface area (Å²) in [5, 5.41) is 4.03. The van der Waals surface area contributed by atoms with Gasteiger partial charge in [-0.05, 0) is 47.5 Å². The number of carbonyl (C=O) groups excluding carboxylic acids is 1. The van der Waals surface area contributed by atoms with Crippen molar-refractivity contribution < 1.29 is 13.6 Å². The Labute approximate surface area is 155 Å². The summed E-state index contributed by atoms with van der Waals surface area (Å²) in [6, 6.07) is 16.2. The van der Waals surface area contributed by atoms with Crippen LogP contribution in [0.1, 0.15) is 29.2 Å². The van der Waals surface area contributed by atoms with Crippen LogP contribution in [0.25, 0.3) is 10.9 Å². The van der Waals surface area contributed by atoms with Gasteiger partial charge in [0.05, 0.1) is 23.4 Å². The molecular formula is C22H17FN2O2. The number of nitrogens with zero attached hydrogens (tertiary/aromatic N) is 1. The standard InChI is InChI=1S/C22H17FN2O2/c23-15-5-1-4-14(10-15)12-25-13-17-16(20-8-3-9-27-20)11-21(26)24-18-6-2-7-19(25)22(17)18/h1-10,13,16H,11-12H2,(H,24,26). The molecule has 27 heavy (non-hydrogen) atoms. The van der Waals surface area contributed by atoms with Crippen molar-refractivity contribution in [1.29, 1.82) is 0 Å². The minimum Gasteiger partial charge on any atom is -0.469 e. The largest absolute Gasteiger partial charge is 0.469 e. The molecule has 5 heteroatoms. The summed E-state index contributed by atoms with van der Waals surface area (Å²) in [6.45, 7) is 0.552. The molecule has 5 rings (SSSR count). The Kier molecular flexibility index (Phi) is 3.60. The summed E-state index contributed by atoms with van der Waals surface area (Å²) in [6.07, 6.45) is 4.01. The van der Waals surface area contributed by atoms with Gasteiger partial charge in [0.15, 0.2) is 0 Å². The zero-order valence-electron chi connectivity index (χ0n) is 14.5. The number of aromatic nitrogens is 1. The predicted molar refractivity (Wildman–Crippen MR) is 101 cm³/mol. The third-order valence-corrected chi connectivity index (χ3v) is 5.10. The van der Waals surface area contributed by atoms with E-state index in [0.717, 1.165) is 33.5 Å². The Morgan fingerprint density at radius 2 is 2.04 bits per heavy atom. The average Bonchev–Trinajstić information content (AvgIpc) is 3.26. The van der Waals surface area contributed by atoms with Gasteiger partial charge in [-0.25, -0.2) is 4.39 Å². The van der Waals surface area contributed by atoms with E-state index in [4.69, 9.17) is 4.42 Å². The molecule has 4 aromatic rings. The van der Waals surface area contributed by atoms with Crippen LogP contribution in [0.5, 0.6) is 0 Å². The third-order valence-electron chi connectivity index (χ3n) is 5.10. The van der Waals surface area contributed by atoms with Gasteiger partial charge in [0.25, 0.3) is 0 Å². The zero-order chi connectivity index (χ0) is 18.4. The summed E-state index contributed by atoms with van der Waals surface area (Å²) in [5.74, 6) is 0.343. The maximum absolute atomic E-state index is 13.6. The number of hydrogen-bond acceptors (Lipinski definition) is 2. The van der Waals surface area contributed by atoms with Crippen LogP contribution in [0.3, 0.4) is 0 Å². The van der Waals surface area contributed by atoms with Crippen molar-refractivity contribution in [2.24, 2.45) is 0 Å². The smallest absolute Gasteiger partial charge is 0.225 e. The number of furan rings is 1. The molecule has 4 nitrogen and oxygen atoms in total. The first-order valence-electron chi connectivity index (χ1n) is 8.88. The number of hydrogen-bond donors (Lipinski definition) is 1. The van der Waals surface area contributed by atoms with Crippen molar-refractivity contribution >= 4 is 22.5 Å². The molecule has 1 unspecified atom stereocenters. The van der Waals surface area contributed by atoms with E-state index in [1.165, 1.54) is 6.07 Å². The Morgan fingerprint density at radius 1 is 1.15 bits per heavy atom. The summed E-state index contributed by atoms with van der Waals surface area (Å²) in [5.41, 5.74) is 3.75. The molecular weight excluding hydrogens is 343 g/mol. The van der Waals surface area contributed by atoms with Gasteiger partial charge in [0, 0.05) is 24.5 Å². The number of amides is 1. The highest BCUT2D eigenvalue weighted by Gasteiger charge is 2.29. The Bertz CT molecular complexity index is 1140. The van der Waals surface area contributed by atoms with E-state index < -0.39 is 0 Å². The molecule has 0 fully saturated rings. The van der Waals surface area contributed by atoms with Crippen LogP contribution >= 0.6 is 0 Å². The van der Waals surface area contributed by atoms with E-state index in [9.17, 15) is 9.18 Å². The third kappa shape index (κ3) is 2.72. The Balaban J connectivity index is 1.69. The molecule has 134 valence electrons. The van der Waals surface area contributed by atoms with Gasteiger partial charge in [-0.1, -0.05) is 18.2 Å². The van der Waals surface area contributed by atoms with Crippen LogP contribution in [0.15, 0.2) is 71.5 Å². The fourth-order valence-corrected chi connectivity index (χ4v) is 3.96. The Morgan fingerprint density at radius 3 is 2.85 bits per heavy atom. The minimum atomic E-state index is -0.244. The van der Waals surface area contributed by atoms with Gasteiger partial charge >= 0.3 is 0 Å². The maximum atomic E-state index is 13.6. The lowest BCUT2D eigenvalue weighted by Crippen LogP contribution is -2.13. The molecule has 0 spiro atoms. The number of halogens is 1. The summed E-state index contributed by atoms with van der Waals surface area (Å²) in [4.78, 5) is 12.4. The van der Waals surface area contributed by atoms with Crippen molar-refractivity contribution in [2.45, 2.75) is 18.9 Å². The molecule has 1 aliphatic rings. The van der Waals surface area contributed by atoms with E-state index in [2.05, 4.69) is 16.1 Å². The number of rotatable bonds is 3. The highest BCUT2D eigenvalue weighted by Crippen LogP contribution is 2.41. The molecule has 1 amide bonds. The molecule has 0 radical (unpaired) electrons. The van der Waals surface area contributed by atoms with Crippen LogP contribution in [0, 0.1) is 5.82 Å². The van der Waals surface area contributed by atoms with Gasteiger partial charge in [-0.15, -0.1) is 0 Å². The van der Waals surface area contributed by atoms with E-state index in [0.29, 0.717) is 13.0 Å². The molecule has 2 aromatic heterocycles. The molecule has 3 heterocycles. The fraction of sp³-hybridized carbons (Fsp3) is 0.136. The van der Waals surface area contributed by atoms with E-state index in [1.807, 2.05) is 36.4 Å². The highest BCUT2D eigenvalue weighted by molar-refractivity contribution is 6.05. The van der Waals surface area contributed by atoms with E-state index in [-0.39, 0.29) is 17.6 Å². The predicted octanol–water partition coefficient (Wildman–Crippen LogP) is 4.90. The molecule has 0 bridgehead atoms. The first-order valence-corrected chi connectivity index (χ1v) is 8.88. The van der Waals surface area contributed by atoms with Crippen LogP contribution in [-0.4, -0.2) is 10.5 Å². The molecule has 2 aromatic carbocycles. The van der Waals surface area contributed by atoms with Gasteiger partial charge < -0.3 is 14.3 Å². The van der Waals surface area contributed by atoms with Crippen molar-refractivity contribution in [3.63, 3.8) is 0 Å². The molecule has 0 saturated carbocycles. The number of nitrogens with one attached hydrogen (secondary N) is 1. The number of benzene rings is 2. The van der Waals surface area contributed by atoms with Crippen LogP contribution < -0.4 is 5.32 Å². The SMILES string of the molecule is O=C1CC(c2ccco2)c2cn(Cc3cccc(F)c3)c3cccc(c23)N1. The van der Waals surface area contributed by atoms with Gasteiger partial charge in [-0.3, -0.25) is 4.79 Å². The fourth-order valence-electron chi connectivity index (χ4n) is 3.96. The molecule has 0 saturated heterocycles. The Hall–Kier alpha value is -3.34. The summed E-state index contributed by atoms with van der Waals surface area (Å²) >= 11 is 0. The first kappa shape index (κ1) is 15.9. The van der Waals surface area contributed by atoms with E-state index in [1.54, 1.807) is 18.4 Å². The monoisotopic (exact) mass is 360 g/mol. The lowest BCUT2D eigenvalue weighted by Gasteiger charge is -2.11. The van der Waals surface area contributed by atoms with Crippen molar-refractivity contribution in [2.75, 3.05) is 5.32 Å².